The van der Waals surface area contributed by atoms with E-state index < -0.39 is 0 Å². The monoisotopic (exact) mass is 236 g/mol. The second kappa shape index (κ2) is 4.55. The molecular weight excluding hydrogens is 216 g/mol. The quantitative estimate of drug-likeness (QED) is 0.680. The van der Waals surface area contributed by atoms with Crippen LogP contribution >= 0.6 is 0 Å². The maximum absolute atomic E-state index is 9.83. The number of phenols is 2. The molecule has 3 atom stereocenters. The highest BCUT2D eigenvalue weighted by atomic mass is 16.3. The van der Waals surface area contributed by atoms with E-state index in [1.165, 1.54) is 12.1 Å². The molecule has 0 amide bonds. The Labute approximate surface area is 102 Å². The molecule has 1 aromatic rings. The summed E-state index contributed by atoms with van der Waals surface area (Å²) in [5, 5.41) is 19.3. The van der Waals surface area contributed by atoms with Crippen LogP contribution in [-0.4, -0.2) is 34.2 Å². The Kier molecular flexibility index (Phi) is 3.26. The summed E-state index contributed by atoms with van der Waals surface area (Å²) in [7, 11) is 0. The van der Waals surface area contributed by atoms with E-state index in [0.29, 0.717) is 5.92 Å². The number of nitrogens with two attached hydrogens (primary N) is 1. The van der Waals surface area contributed by atoms with E-state index in [1.54, 1.807) is 6.07 Å². The first kappa shape index (κ1) is 12.2. The van der Waals surface area contributed by atoms with Crippen molar-refractivity contribution in [2.45, 2.75) is 25.9 Å². The van der Waals surface area contributed by atoms with Crippen molar-refractivity contribution in [2.75, 3.05) is 13.1 Å². The van der Waals surface area contributed by atoms with Crippen molar-refractivity contribution >= 4 is 0 Å². The first-order valence-corrected chi connectivity index (χ1v) is 6.00. The Hall–Kier alpha value is -1.26. The van der Waals surface area contributed by atoms with E-state index in [2.05, 4.69) is 11.8 Å². The Morgan fingerprint density at radius 2 is 2.06 bits per heavy atom. The molecule has 1 heterocycles. The summed E-state index contributed by atoms with van der Waals surface area (Å²) >= 11 is 0. The molecule has 0 bridgehead atoms. The van der Waals surface area contributed by atoms with Crippen LogP contribution in [0.5, 0.6) is 11.5 Å². The topological polar surface area (TPSA) is 69.7 Å². The summed E-state index contributed by atoms with van der Waals surface area (Å²) in [4.78, 5) is 2.24. The minimum absolute atomic E-state index is 0.0677. The van der Waals surface area contributed by atoms with Crippen LogP contribution in [0.2, 0.25) is 0 Å². The summed E-state index contributed by atoms with van der Waals surface area (Å²) in [5.74, 6) is 0.876. The third kappa shape index (κ3) is 2.37. The lowest BCUT2D eigenvalue weighted by Gasteiger charge is -2.25. The number of hydrogen-bond acceptors (Lipinski definition) is 4. The molecule has 1 aliphatic rings. The van der Waals surface area contributed by atoms with Crippen molar-refractivity contribution < 1.29 is 10.2 Å². The van der Waals surface area contributed by atoms with Gasteiger partial charge in [0.2, 0.25) is 0 Å². The third-order valence-corrected chi connectivity index (χ3v) is 3.71. The predicted molar refractivity (Wildman–Crippen MR) is 66.9 cm³/mol. The Morgan fingerprint density at radius 3 is 2.65 bits per heavy atom. The molecule has 0 aromatic heterocycles. The van der Waals surface area contributed by atoms with Gasteiger partial charge in [0.15, 0.2) is 0 Å². The molecule has 4 N–H and O–H groups in total. The van der Waals surface area contributed by atoms with Crippen molar-refractivity contribution in [2.24, 2.45) is 11.7 Å². The van der Waals surface area contributed by atoms with Crippen LogP contribution in [0.3, 0.4) is 0 Å². The summed E-state index contributed by atoms with van der Waals surface area (Å²) in [6.45, 7) is 5.92. The van der Waals surface area contributed by atoms with Crippen molar-refractivity contribution in [1.82, 2.24) is 4.90 Å². The van der Waals surface area contributed by atoms with Crippen LogP contribution in [0.1, 0.15) is 25.5 Å². The summed E-state index contributed by atoms with van der Waals surface area (Å²) in [5.41, 5.74) is 6.75. The number of hydrogen-bond donors (Lipinski definition) is 3. The van der Waals surface area contributed by atoms with Crippen LogP contribution < -0.4 is 5.73 Å². The molecule has 0 spiro atoms. The lowest BCUT2D eigenvalue weighted by molar-refractivity contribution is 0.248. The molecule has 1 fully saturated rings. The van der Waals surface area contributed by atoms with Crippen molar-refractivity contribution in [3.63, 3.8) is 0 Å². The van der Waals surface area contributed by atoms with Crippen LogP contribution in [0.15, 0.2) is 18.2 Å². The van der Waals surface area contributed by atoms with Gasteiger partial charge in [-0.15, -0.1) is 0 Å². The molecule has 0 aliphatic carbocycles. The zero-order chi connectivity index (χ0) is 12.6. The van der Waals surface area contributed by atoms with Crippen LogP contribution in [0.4, 0.5) is 0 Å². The van der Waals surface area contributed by atoms with Gasteiger partial charge in [0.1, 0.15) is 11.5 Å². The van der Waals surface area contributed by atoms with Gasteiger partial charge in [0.05, 0.1) is 0 Å². The molecule has 1 aliphatic heterocycles. The minimum atomic E-state index is 0.0677. The van der Waals surface area contributed by atoms with Gasteiger partial charge in [-0.2, -0.15) is 0 Å². The van der Waals surface area contributed by atoms with E-state index in [0.717, 1.165) is 18.7 Å². The van der Waals surface area contributed by atoms with Crippen LogP contribution in [0, 0.1) is 5.92 Å². The molecule has 1 saturated heterocycles. The first-order valence-electron chi connectivity index (χ1n) is 6.00. The lowest BCUT2D eigenvalue weighted by atomic mass is 10.1. The number of aromatic hydroxyl groups is 2. The average Bonchev–Trinajstić information content (AvgIpc) is 2.62. The molecule has 0 radical (unpaired) electrons. The number of benzene rings is 1. The molecule has 1 aromatic carbocycles. The highest BCUT2D eigenvalue weighted by Gasteiger charge is 2.31. The minimum Gasteiger partial charge on any atom is -0.508 e. The van der Waals surface area contributed by atoms with Gasteiger partial charge in [0, 0.05) is 30.7 Å². The van der Waals surface area contributed by atoms with E-state index in [4.69, 9.17) is 5.73 Å². The zero-order valence-corrected chi connectivity index (χ0v) is 10.3. The van der Waals surface area contributed by atoms with Crippen molar-refractivity contribution in [1.29, 1.82) is 0 Å². The zero-order valence-electron chi connectivity index (χ0n) is 10.3. The normalized spacial score (nSPS) is 27.2. The average molecular weight is 236 g/mol. The number of nitrogens with zero attached hydrogens (tertiary/aromatic N) is 1. The number of rotatable bonds is 2. The van der Waals surface area contributed by atoms with Gasteiger partial charge in [-0.05, 0) is 31.0 Å². The van der Waals surface area contributed by atoms with Gasteiger partial charge in [0.25, 0.3) is 0 Å². The van der Waals surface area contributed by atoms with Gasteiger partial charge in [-0.3, -0.25) is 4.90 Å². The smallest absolute Gasteiger partial charge is 0.120 e. The Morgan fingerprint density at radius 1 is 1.35 bits per heavy atom. The Bertz CT molecular complexity index is 398. The van der Waals surface area contributed by atoms with Crippen LogP contribution in [0.25, 0.3) is 0 Å². The second-order valence-corrected chi connectivity index (χ2v) is 5.01. The van der Waals surface area contributed by atoms with Gasteiger partial charge < -0.3 is 15.9 Å². The fraction of sp³-hybridized carbons (Fsp3) is 0.538. The maximum atomic E-state index is 9.83. The molecule has 94 valence electrons. The predicted octanol–water partition coefficient (Wildman–Crippen LogP) is 1.44. The number of phenolic OH excluding ortho intramolecular Hbond substituents is 2. The molecule has 2 rings (SSSR count). The largest absolute Gasteiger partial charge is 0.508 e. The number of likely N-dealkylation sites (tertiary alicyclic amines) is 1. The fourth-order valence-corrected chi connectivity index (χ4v) is 2.42. The van der Waals surface area contributed by atoms with Crippen molar-refractivity contribution in [3.8, 4) is 11.5 Å². The third-order valence-electron chi connectivity index (χ3n) is 3.71. The van der Waals surface area contributed by atoms with Gasteiger partial charge >= 0.3 is 0 Å². The standard InChI is InChI=1S/C13H20N2O2/c1-8-6-15(7-12(8)14)9(2)11-5-10(16)3-4-13(11)17/h3-5,8-9,12,16-17H,6-7,14H2,1-2H3. The van der Waals surface area contributed by atoms with Gasteiger partial charge in [-0.1, -0.05) is 6.92 Å². The summed E-state index contributed by atoms with van der Waals surface area (Å²) in [6, 6.07) is 4.90. The highest BCUT2D eigenvalue weighted by molar-refractivity contribution is 5.40. The van der Waals surface area contributed by atoms with Crippen LogP contribution in [-0.2, 0) is 0 Å². The molecule has 3 unspecified atom stereocenters. The first-order chi connectivity index (χ1) is 7.99. The molecule has 0 saturated carbocycles. The Balaban J connectivity index is 2.20. The highest BCUT2D eigenvalue weighted by Crippen LogP contribution is 2.33. The maximum Gasteiger partial charge on any atom is 0.120 e. The SMILES string of the molecule is CC1CN(C(C)c2cc(O)ccc2O)CC1N. The summed E-state index contributed by atoms with van der Waals surface area (Å²) < 4.78 is 0. The molecular formula is C13H20N2O2. The summed E-state index contributed by atoms with van der Waals surface area (Å²) in [6.07, 6.45) is 0. The van der Waals surface area contributed by atoms with E-state index in [9.17, 15) is 10.2 Å². The van der Waals surface area contributed by atoms with Gasteiger partial charge in [-0.25, -0.2) is 0 Å². The molecule has 17 heavy (non-hydrogen) atoms. The van der Waals surface area contributed by atoms with E-state index in [1.807, 2.05) is 6.92 Å². The molecule has 4 nitrogen and oxygen atoms in total. The molecule has 4 heteroatoms. The van der Waals surface area contributed by atoms with E-state index in [-0.39, 0.29) is 23.6 Å². The fourth-order valence-electron chi connectivity index (χ4n) is 2.42. The lowest BCUT2D eigenvalue weighted by Crippen LogP contribution is -2.29. The second-order valence-electron chi connectivity index (χ2n) is 5.01. The van der Waals surface area contributed by atoms with Crippen molar-refractivity contribution in [3.05, 3.63) is 23.8 Å². The van der Waals surface area contributed by atoms with E-state index >= 15 is 0 Å².